The molecule has 3 rings (SSSR count). The maximum Gasteiger partial charge on any atom is 0.221 e. The summed E-state index contributed by atoms with van der Waals surface area (Å²) >= 11 is 0. The predicted molar refractivity (Wildman–Crippen MR) is 108 cm³/mol. The Balaban J connectivity index is 0.00000169. The number of rotatable bonds is 5. The van der Waals surface area contributed by atoms with Gasteiger partial charge in [-0.25, -0.2) is 4.98 Å². The molecule has 0 aromatic carbocycles. The molecular formula is C18H30Cl2N4O2. The van der Waals surface area contributed by atoms with Gasteiger partial charge in [-0.2, -0.15) is 0 Å². The highest BCUT2D eigenvalue weighted by Gasteiger charge is 2.18. The highest BCUT2D eigenvalue weighted by molar-refractivity contribution is 5.85. The van der Waals surface area contributed by atoms with E-state index in [1.54, 1.807) is 0 Å². The molecule has 3 heterocycles. The van der Waals surface area contributed by atoms with Crippen LogP contribution in [0.3, 0.4) is 0 Å². The maximum absolute atomic E-state index is 12.0. The summed E-state index contributed by atoms with van der Waals surface area (Å²) in [5, 5.41) is 6.25. The average Bonchev–Trinajstić information content (AvgIpc) is 2.62. The Bertz CT molecular complexity index is 530. The summed E-state index contributed by atoms with van der Waals surface area (Å²) in [7, 11) is 0. The van der Waals surface area contributed by atoms with Gasteiger partial charge in [0.2, 0.25) is 5.91 Å². The Hall–Kier alpha value is -1.08. The van der Waals surface area contributed by atoms with E-state index in [0.29, 0.717) is 19.6 Å². The third kappa shape index (κ3) is 6.91. The molecule has 2 N–H and O–H groups in total. The van der Waals surface area contributed by atoms with Gasteiger partial charge < -0.3 is 20.3 Å². The Morgan fingerprint density at radius 1 is 1.35 bits per heavy atom. The van der Waals surface area contributed by atoms with E-state index in [9.17, 15) is 4.79 Å². The number of nitrogens with one attached hydrogen (secondary N) is 2. The molecule has 1 amide bonds. The molecule has 0 saturated carbocycles. The van der Waals surface area contributed by atoms with Gasteiger partial charge in [-0.15, -0.1) is 24.8 Å². The minimum atomic E-state index is 0. The maximum atomic E-state index is 12.0. The number of anilines is 1. The molecule has 1 unspecified atom stereocenters. The minimum absolute atomic E-state index is 0. The van der Waals surface area contributed by atoms with Crippen molar-refractivity contribution >= 4 is 36.5 Å². The topological polar surface area (TPSA) is 66.5 Å². The van der Waals surface area contributed by atoms with Gasteiger partial charge in [-0.3, -0.25) is 4.79 Å². The summed E-state index contributed by atoms with van der Waals surface area (Å²) < 4.78 is 5.37. The standard InChI is InChI=1S/C18H28N4O2.2ClH/c1-14-4-7-22(8-5-14)17-3-2-15(11-20-17)12-21-18(23)10-16-13-24-9-6-19-16;;/h2-3,11,14,16,19H,4-10,12-13H2,1H3,(H,21,23);2*1H. The first kappa shape index (κ1) is 23.0. The Kier molecular flexibility index (Phi) is 10.2. The van der Waals surface area contributed by atoms with E-state index < -0.39 is 0 Å². The van der Waals surface area contributed by atoms with Crippen LogP contribution in [-0.2, 0) is 16.1 Å². The van der Waals surface area contributed by atoms with E-state index in [1.807, 2.05) is 6.20 Å². The molecule has 0 spiro atoms. The van der Waals surface area contributed by atoms with E-state index in [1.165, 1.54) is 12.8 Å². The van der Waals surface area contributed by atoms with Crippen LogP contribution in [-0.4, -0.2) is 49.8 Å². The number of hydrogen-bond donors (Lipinski definition) is 2. The predicted octanol–water partition coefficient (Wildman–Crippen LogP) is 2.16. The van der Waals surface area contributed by atoms with Gasteiger partial charge in [0.15, 0.2) is 0 Å². The summed E-state index contributed by atoms with van der Waals surface area (Å²) in [5.41, 5.74) is 1.03. The molecule has 2 saturated heterocycles. The zero-order chi connectivity index (χ0) is 16.8. The highest BCUT2D eigenvalue weighted by atomic mass is 35.5. The van der Waals surface area contributed by atoms with Crippen LogP contribution in [0.2, 0.25) is 0 Å². The second-order valence-electron chi connectivity index (χ2n) is 6.90. The van der Waals surface area contributed by atoms with Gasteiger partial charge in [0, 0.05) is 44.8 Å². The van der Waals surface area contributed by atoms with Crippen LogP contribution in [0.15, 0.2) is 18.3 Å². The van der Waals surface area contributed by atoms with Gasteiger partial charge >= 0.3 is 0 Å². The number of carbonyl (C=O) groups excluding carboxylic acids is 1. The third-order valence-corrected chi connectivity index (χ3v) is 4.84. The van der Waals surface area contributed by atoms with Crippen molar-refractivity contribution < 1.29 is 9.53 Å². The quantitative estimate of drug-likeness (QED) is 0.786. The average molecular weight is 405 g/mol. The molecule has 0 aliphatic carbocycles. The normalized spacial score (nSPS) is 20.7. The Morgan fingerprint density at radius 2 is 2.12 bits per heavy atom. The number of carbonyl (C=O) groups is 1. The van der Waals surface area contributed by atoms with Crippen LogP contribution >= 0.6 is 24.8 Å². The number of halogens is 2. The van der Waals surface area contributed by atoms with Crippen molar-refractivity contribution in [2.24, 2.45) is 5.92 Å². The number of aromatic nitrogens is 1. The Labute approximate surface area is 168 Å². The molecule has 26 heavy (non-hydrogen) atoms. The van der Waals surface area contributed by atoms with Crippen molar-refractivity contribution in [2.75, 3.05) is 37.7 Å². The molecule has 2 aliphatic rings. The number of hydrogen-bond acceptors (Lipinski definition) is 5. The van der Waals surface area contributed by atoms with Gasteiger partial charge in [-0.1, -0.05) is 13.0 Å². The van der Waals surface area contributed by atoms with Gasteiger partial charge in [-0.05, 0) is 30.4 Å². The Morgan fingerprint density at radius 3 is 2.73 bits per heavy atom. The number of morpholine rings is 1. The van der Waals surface area contributed by atoms with Crippen LogP contribution in [0, 0.1) is 5.92 Å². The molecule has 148 valence electrons. The number of piperidine rings is 1. The van der Waals surface area contributed by atoms with Crippen LogP contribution in [0.4, 0.5) is 5.82 Å². The smallest absolute Gasteiger partial charge is 0.221 e. The number of ether oxygens (including phenoxy) is 1. The summed E-state index contributed by atoms with van der Waals surface area (Å²) in [5.74, 6) is 1.91. The van der Waals surface area contributed by atoms with Crippen molar-refractivity contribution in [2.45, 2.75) is 38.8 Å². The van der Waals surface area contributed by atoms with E-state index in [4.69, 9.17) is 4.74 Å². The fourth-order valence-electron chi connectivity index (χ4n) is 3.19. The number of pyridine rings is 1. The molecule has 1 atom stereocenters. The summed E-state index contributed by atoms with van der Waals surface area (Å²) in [6.07, 6.45) is 4.80. The van der Waals surface area contributed by atoms with Crippen molar-refractivity contribution in [3.8, 4) is 0 Å². The van der Waals surface area contributed by atoms with E-state index in [2.05, 4.69) is 39.6 Å². The largest absolute Gasteiger partial charge is 0.378 e. The highest BCUT2D eigenvalue weighted by Crippen LogP contribution is 2.21. The SMILES string of the molecule is CC1CCN(c2ccc(CNC(=O)CC3COCCN3)cn2)CC1.Cl.Cl. The zero-order valence-corrected chi connectivity index (χ0v) is 16.9. The van der Waals surface area contributed by atoms with Crippen LogP contribution in [0.1, 0.15) is 31.7 Å². The van der Waals surface area contributed by atoms with E-state index >= 15 is 0 Å². The van der Waals surface area contributed by atoms with Crippen molar-refractivity contribution in [1.29, 1.82) is 0 Å². The molecule has 0 radical (unpaired) electrons. The van der Waals surface area contributed by atoms with Gasteiger partial charge in [0.25, 0.3) is 0 Å². The van der Waals surface area contributed by atoms with Crippen molar-refractivity contribution in [3.63, 3.8) is 0 Å². The molecule has 2 aliphatic heterocycles. The molecule has 1 aromatic rings. The first-order valence-corrected chi connectivity index (χ1v) is 8.98. The first-order valence-electron chi connectivity index (χ1n) is 8.98. The fourth-order valence-corrected chi connectivity index (χ4v) is 3.19. The first-order chi connectivity index (χ1) is 11.7. The van der Waals surface area contributed by atoms with E-state index in [-0.39, 0.29) is 36.8 Å². The molecule has 0 bridgehead atoms. The molecule has 2 fully saturated rings. The number of amides is 1. The van der Waals surface area contributed by atoms with Crippen molar-refractivity contribution in [1.82, 2.24) is 15.6 Å². The lowest BCUT2D eigenvalue weighted by Gasteiger charge is -2.31. The second kappa shape index (κ2) is 11.6. The van der Waals surface area contributed by atoms with Gasteiger partial charge in [0.05, 0.1) is 13.2 Å². The molecule has 8 heteroatoms. The monoisotopic (exact) mass is 404 g/mol. The van der Waals surface area contributed by atoms with Crippen LogP contribution in [0.5, 0.6) is 0 Å². The summed E-state index contributed by atoms with van der Waals surface area (Å²) in [6.45, 7) is 7.16. The van der Waals surface area contributed by atoms with Crippen LogP contribution in [0.25, 0.3) is 0 Å². The lowest BCUT2D eigenvalue weighted by atomic mass is 9.99. The van der Waals surface area contributed by atoms with Crippen LogP contribution < -0.4 is 15.5 Å². The third-order valence-electron chi connectivity index (χ3n) is 4.84. The lowest BCUT2D eigenvalue weighted by Crippen LogP contribution is -2.44. The van der Waals surface area contributed by atoms with Crippen molar-refractivity contribution in [3.05, 3.63) is 23.9 Å². The summed E-state index contributed by atoms with van der Waals surface area (Å²) in [6, 6.07) is 4.25. The van der Waals surface area contributed by atoms with E-state index in [0.717, 1.165) is 43.5 Å². The zero-order valence-electron chi connectivity index (χ0n) is 15.3. The second-order valence-corrected chi connectivity index (χ2v) is 6.90. The molecular weight excluding hydrogens is 375 g/mol. The molecule has 1 aromatic heterocycles. The lowest BCUT2D eigenvalue weighted by molar-refractivity contribution is -0.122. The van der Waals surface area contributed by atoms with Gasteiger partial charge in [0.1, 0.15) is 5.82 Å². The minimum Gasteiger partial charge on any atom is -0.378 e. The fraction of sp³-hybridized carbons (Fsp3) is 0.667. The number of nitrogens with zero attached hydrogens (tertiary/aromatic N) is 2. The summed E-state index contributed by atoms with van der Waals surface area (Å²) in [4.78, 5) is 18.9. The molecule has 6 nitrogen and oxygen atoms in total.